The molecule has 2 rings (SSSR count). The summed E-state index contributed by atoms with van der Waals surface area (Å²) in [5.74, 6) is -0.740. The van der Waals surface area contributed by atoms with Gasteiger partial charge in [-0.2, -0.15) is 0 Å². The smallest absolute Gasteiger partial charge is 0.376 e. The van der Waals surface area contributed by atoms with E-state index in [0.29, 0.717) is 0 Å². The number of carbonyl (C=O) groups excluding carboxylic acids is 3. The highest BCUT2D eigenvalue weighted by atomic mass is 16.6. The maximum atomic E-state index is 11.5. The maximum absolute atomic E-state index is 11.5. The van der Waals surface area contributed by atoms with Crippen LogP contribution >= 0.6 is 0 Å². The molecule has 0 aromatic heterocycles. The quantitative estimate of drug-likeness (QED) is 0.521. The van der Waals surface area contributed by atoms with E-state index in [9.17, 15) is 14.4 Å². The van der Waals surface area contributed by atoms with E-state index in [1.54, 1.807) is 0 Å². The van der Waals surface area contributed by atoms with Gasteiger partial charge in [-0.15, -0.1) is 0 Å². The predicted octanol–water partition coefficient (Wildman–Crippen LogP) is 1.11. The highest BCUT2D eigenvalue weighted by molar-refractivity contribution is 5.92. The number of fused-ring (bicyclic) bond motifs is 1. The lowest BCUT2D eigenvalue weighted by Gasteiger charge is -2.41. The minimum atomic E-state index is -0.664. The lowest BCUT2D eigenvalue weighted by molar-refractivity contribution is -0.153. The van der Waals surface area contributed by atoms with Gasteiger partial charge in [0.1, 0.15) is 5.78 Å². The van der Waals surface area contributed by atoms with Crippen molar-refractivity contribution in [2.24, 2.45) is 5.92 Å². The first-order chi connectivity index (χ1) is 7.59. The molecule has 1 aliphatic heterocycles. The number of ether oxygens (including phenoxy) is 1. The van der Waals surface area contributed by atoms with Gasteiger partial charge in [-0.3, -0.25) is 14.5 Å². The van der Waals surface area contributed by atoms with Gasteiger partial charge in [-0.05, 0) is 19.8 Å². The van der Waals surface area contributed by atoms with Crippen molar-refractivity contribution >= 4 is 17.8 Å². The van der Waals surface area contributed by atoms with Gasteiger partial charge in [-0.1, -0.05) is 12.8 Å². The Balaban J connectivity index is 2.18. The van der Waals surface area contributed by atoms with Crippen LogP contribution in [0.1, 0.15) is 32.6 Å². The lowest BCUT2D eigenvalue weighted by Crippen LogP contribution is -2.55. The lowest BCUT2D eigenvalue weighted by atomic mass is 9.83. The summed E-state index contributed by atoms with van der Waals surface area (Å²) < 4.78 is 4.67. The molecule has 1 saturated carbocycles. The second-order valence-electron chi connectivity index (χ2n) is 4.48. The molecule has 5 nitrogen and oxygen atoms in total. The molecule has 1 amide bonds. The minimum absolute atomic E-state index is 0.0489. The first-order valence-electron chi connectivity index (χ1n) is 5.61. The van der Waals surface area contributed by atoms with E-state index >= 15 is 0 Å². The Bertz CT molecular complexity index is 339. The van der Waals surface area contributed by atoms with E-state index in [1.807, 2.05) is 0 Å². The molecule has 1 heterocycles. The zero-order valence-corrected chi connectivity index (χ0v) is 9.27. The van der Waals surface area contributed by atoms with Crippen molar-refractivity contribution in [3.05, 3.63) is 0 Å². The van der Waals surface area contributed by atoms with E-state index in [1.165, 1.54) is 11.8 Å². The normalized spacial score (nSPS) is 29.7. The number of esters is 1. The molecular formula is C11H15NO4. The average Bonchev–Trinajstić information content (AvgIpc) is 2.24. The monoisotopic (exact) mass is 225 g/mol. The van der Waals surface area contributed by atoms with Crippen LogP contribution < -0.4 is 0 Å². The molecule has 16 heavy (non-hydrogen) atoms. The molecule has 5 heteroatoms. The molecule has 0 bridgehead atoms. The molecule has 2 unspecified atom stereocenters. The molecule has 0 spiro atoms. The average molecular weight is 225 g/mol. The van der Waals surface area contributed by atoms with E-state index in [2.05, 4.69) is 4.74 Å². The number of nitrogens with zero attached hydrogens (tertiary/aromatic N) is 1. The van der Waals surface area contributed by atoms with Crippen molar-refractivity contribution in [1.82, 2.24) is 4.90 Å². The SMILES string of the molecule is CC(=O)CN1C(=O)OC(=O)C2CCCCC21. The fraction of sp³-hybridized carbons (Fsp3) is 0.727. The van der Waals surface area contributed by atoms with Crippen LogP contribution in [0.15, 0.2) is 0 Å². The molecule has 1 saturated heterocycles. The third-order valence-corrected chi connectivity index (χ3v) is 3.25. The first kappa shape index (κ1) is 11.1. The standard InChI is InChI=1S/C11H15NO4/c1-7(13)6-12-9-5-3-2-4-8(9)10(14)16-11(12)15/h8-9H,2-6H2,1H3. The maximum Gasteiger partial charge on any atom is 0.418 e. The van der Waals surface area contributed by atoms with Gasteiger partial charge in [0, 0.05) is 6.04 Å². The molecule has 0 aromatic carbocycles. The zero-order valence-electron chi connectivity index (χ0n) is 9.27. The summed E-state index contributed by atoms with van der Waals surface area (Å²) in [6, 6.07) is -0.133. The van der Waals surface area contributed by atoms with Crippen LogP contribution in [-0.2, 0) is 14.3 Å². The van der Waals surface area contributed by atoms with Gasteiger partial charge in [0.2, 0.25) is 0 Å². The number of hydrogen-bond acceptors (Lipinski definition) is 4. The molecule has 0 N–H and O–H groups in total. The van der Waals surface area contributed by atoms with Gasteiger partial charge < -0.3 is 4.74 Å². The molecule has 2 fully saturated rings. The number of Topliss-reactive ketones (excluding diaryl/α,β-unsaturated/α-hetero) is 1. The second-order valence-corrected chi connectivity index (χ2v) is 4.48. The summed E-state index contributed by atoms with van der Waals surface area (Å²) in [7, 11) is 0. The van der Waals surface area contributed by atoms with Crippen LogP contribution in [-0.4, -0.2) is 35.3 Å². The Morgan fingerprint density at radius 1 is 1.38 bits per heavy atom. The summed E-state index contributed by atoms with van der Waals surface area (Å²) in [5, 5.41) is 0. The molecule has 2 atom stereocenters. The van der Waals surface area contributed by atoms with Crippen molar-refractivity contribution in [2.75, 3.05) is 6.54 Å². The van der Waals surface area contributed by atoms with Crippen LogP contribution in [0.3, 0.4) is 0 Å². The first-order valence-corrected chi connectivity index (χ1v) is 5.61. The van der Waals surface area contributed by atoms with Crippen LogP contribution in [0, 0.1) is 5.92 Å². The number of rotatable bonds is 2. The van der Waals surface area contributed by atoms with Crippen LogP contribution in [0.25, 0.3) is 0 Å². The van der Waals surface area contributed by atoms with Crippen LogP contribution in [0.2, 0.25) is 0 Å². The van der Waals surface area contributed by atoms with Crippen molar-refractivity contribution in [3.8, 4) is 0 Å². The number of carbonyl (C=O) groups is 3. The molecular weight excluding hydrogens is 210 g/mol. The van der Waals surface area contributed by atoms with Gasteiger partial charge >= 0.3 is 12.1 Å². The van der Waals surface area contributed by atoms with Crippen molar-refractivity contribution in [2.45, 2.75) is 38.6 Å². The third kappa shape index (κ3) is 1.94. The van der Waals surface area contributed by atoms with Gasteiger partial charge in [-0.25, -0.2) is 4.79 Å². The highest BCUT2D eigenvalue weighted by Crippen LogP contribution is 2.33. The number of ketones is 1. The second kappa shape index (κ2) is 4.23. The van der Waals surface area contributed by atoms with Crippen molar-refractivity contribution in [3.63, 3.8) is 0 Å². The van der Waals surface area contributed by atoms with Gasteiger partial charge in [0.25, 0.3) is 0 Å². The number of hydrogen-bond donors (Lipinski definition) is 0. The molecule has 0 aromatic rings. The largest absolute Gasteiger partial charge is 0.418 e. The molecule has 0 radical (unpaired) electrons. The summed E-state index contributed by atoms with van der Waals surface area (Å²) in [5.41, 5.74) is 0. The van der Waals surface area contributed by atoms with E-state index in [-0.39, 0.29) is 24.3 Å². The Labute approximate surface area is 93.7 Å². The molecule has 1 aliphatic carbocycles. The van der Waals surface area contributed by atoms with E-state index in [0.717, 1.165) is 25.7 Å². The van der Waals surface area contributed by atoms with Gasteiger partial charge in [0.05, 0.1) is 12.5 Å². The van der Waals surface area contributed by atoms with Crippen LogP contribution in [0.4, 0.5) is 4.79 Å². The number of cyclic esters (lactones) is 2. The topological polar surface area (TPSA) is 63.7 Å². The third-order valence-electron chi connectivity index (χ3n) is 3.25. The molecule has 88 valence electrons. The van der Waals surface area contributed by atoms with Crippen LogP contribution in [0.5, 0.6) is 0 Å². The fourth-order valence-electron chi connectivity index (χ4n) is 2.54. The summed E-state index contributed by atoms with van der Waals surface area (Å²) in [6.45, 7) is 1.48. The van der Waals surface area contributed by atoms with Crippen molar-refractivity contribution < 1.29 is 19.1 Å². The summed E-state index contributed by atoms with van der Waals surface area (Å²) in [4.78, 5) is 35.5. The zero-order chi connectivity index (χ0) is 11.7. The summed E-state index contributed by atoms with van der Waals surface area (Å²) >= 11 is 0. The van der Waals surface area contributed by atoms with E-state index in [4.69, 9.17) is 0 Å². The van der Waals surface area contributed by atoms with E-state index < -0.39 is 12.1 Å². The molecule has 2 aliphatic rings. The summed E-state index contributed by atoms with van der Waals surface area (Å²) in [6.07, 6.45) is 2.86. The Hall–Kier alpha value is -1.39. The highest BCUT2D eigenvalue weighted by Gasteiger charge is 2.44. The number of amides is 1. The Kier molecular flexibility index (Phi) is 2.94. The fourth-order valence-corrected chi connectivity index (χ4v) is 2.54. The Morgan fingerprint density at radius 2 is 2.06 bits per heavy atom. The van der Waals surface area contributed by atoms with Gasteiger partial charge in [0.15, 0.2) is 0 Å². The Morgan fingerprint density at radius 3 is 2.75 bits per heavy atom. The van der Waals surface area contributed by atoms with Crippen molar-refractivity contribution in [1.29, 1.82) is 0 Å². The minimum Gasteiger partial charge on any atom is -0.376 e. The predicted molar refractivity (Wildman–Crippen MR) is 54.6 cm³/mol.